The summed E-state index contributed by atoms with van der Waals surface area (Å²) in [5.74, 6) is 0.0862. The van der Waals surface area contributed by atoms with Gasteiger partial charge in [-0.3, -0.25) is 4.79 Å². The molecule has 9 heteroatoms. The van der Waals surface area contributed by atoms with Gasteiger partial charge in [0.2, 0.25) is 0 Å². The summed E-state index contributed by atoms with van der Waals surface area (Å²) >= 11 is 0. The number of nitrogens with zero attached hydrogens (tertiary/aromatic N) is 3. The average Bonchev–Trinajstić information content (AvgIpc) is 2.50. The number of carbonyl (C=O) groups excluding carboxylic acids is 1. The number of aromatic nitrogens is 2. The fourth-order valence-electron chi connectivity index (χ4n) is 2.02. The Labute approximate surface area is 142 Å². The first kappa shape index (κ1) is 18.5. The molecule has 0 aliphatic rings. The molecule has 0 saturated carbocycles. The van der Waals surface area contributed by atoms with Crippen LogP contribution in [-0.4, -0.2) is 36.3 Å². The first-order valence-electron chi connectivity index (χ1n) is 7.30. The second kappa shape index (κ2) is 7.37. The quantitative estimate of drug-likeness (QED) is 0.894. The highest BCUT2D eigenvalue weighted by Gasteiger charge is 2.31. The first-order valence-corrected chi connectivity index (χ1v) is 7.30. The molecule has 0 bridgehead atoms. The van der Waals surface area contributed by atoms with E-state index in [1.165, 1.54) is 12.1 Å². The van der Waals surface area contributed by atoms with E-state index in [0.717, 1.165) is 17.8 Å². The monoisotopic (exact) mass is 354 g/mol. The maximum absolute atomic E-state index is 12.2. The van der Waals surface area contributed by atoms with Crippen LogP contribution in [0, 0.1) is 6.92 Å². The van der Waals surface area contributed by atoms with E-state index in [4.69, 9.17) is 0 Å². The van der Waals surface area contributed by atoms with Gasteiger partial charge in [0.1, 0.15) is 17.4 Å². The van der Waals surface area contributed by atoms with Crippen molar-refractivity contribution < 1.29 is 22.7 Å². The van der Waals surface area contributed by atoms with Crippen LogP contribution in [0.15, 0.2) is 30.3 Å². The number of hydrogen-bond donors (Lipinski definition) is 1. The van der Waals surface area contributed by atoms with Crippen molar-refractivity contribution in [2.45, 2.75) is 19.8 Å². The van der Waals surface area contributed by atoms with E-state index in [1.54, 1.807) is 17.9 Å². The molecule has 1 N–H and O–H groups in total. The Balaban J connectivity index is 2.07. The van der Waals surface area contributed by atoms with Gasteiger partial charge < -0.3 is 15.0 Å². The molecule has 6 nitrogen and oxygen atoms in total. The van der Waals surface area contributed by atoms with E-state index in [0.29, 0.717) is 11.6 Å². The van der Waals surface area contributed by atoms with Gasteiger partial charge in [-0.1, -0.05) is 6.07 Å². The van der Waals surface area contributed by atoms with E-state index in [1.807, 2.05) is 14.1 Å². The molecule has 0 saturated heterocycles. The van der Waals surface area contributed by atoms with E-state index in [-0.39, 0.29) is 12.1 Å². The van der Waals surface area contributed by atoms with Crippen molar-refractivity contribution in [2.75, 3.05) is 19.0 Å². The zero-order valence-corrected chi connectivity index (χ0v) is 13.9. The van der Waals surface area contributed by atoms with Crippen LogP contribution in [-0.2, 0) is 6.54 Å². The standard InChI is InChI=1S/C16H17F3N4O2/c1-10-7-14(23(2)3)22-13(21-10)9-20-15(24)11-5-4-6-12(8-11)25-16(17,18)19/h4-8H,9H2,1-3H3,(H,20,24). The summed E-state index contributed by atoms with van der Waals surface area (Å²) in [6.45, 7) is 1.85. The fraction of sp³-hybridized carbons (Fsp3) is 0.312. The van der Waals surface area contributed by atoms with Crippen LogP contribution in [0.3, 0.4) is 0 Å². The minimum absolute atomic E-state index is 0.0437. The smallest absolute Gasteiger partial charge is 0.406 e. The van der Waals surface area contributed by atoms with Gasteiger partial charge in [0.15, 0.2) is 0 Å². The number of nitrogens with one attached hydrogen (secondary N) is 1. The molecule has 0 aliphatic heterocycles. The van der Waals surface area contributed by atoms with Gasteiger partial charge in [-0.25, -0.2) is 9.97 Å². The van der Waals surface area contributed by atoms with Gasteiger partial charge in [0.05, 0.1) is 6.54 Å². The van der Waals surface area contributed by atoms with Crippen LogP contribution in [0.2, 0.25) is 0 Å². The van der Waals surface area contributed by atoms with Crippen molar-refractivity contribution >= 4 is 11.7 Å². The summed E-state index contributed by atoms with van der Waals surface area (Å²) in [5.41, 5.74) is 0.783. The molecule has 134 valence electrons. The number of carbonyl (C=O) groups is 1. The second-order valence-corrected chi connectivity index (χ2v) is 5.44. The topological polar surface area (TPSA) is 67.4 Å². The lowest BCUT2D eigenvalue weighted by Crippen LogP contribution is -2.25. The molecule has 0 radical (unpaired) electrons. The second-order valence-electron chi connectivity index (χ2n) is 5.44. The highest BCUT2D eigenvalue weighted by Crippen LogP contribution is 2.23. The summed E-state index contributed by atoms with van der Waals surface area (Å²) in [6.07, 6.45) is -4.81. The van der Waals surface area contributed by atoms with Crippen molar-refractivity contribution in [3.63, 3.8) is 0 Å². The Morgan fingerprint density at radius 1 is 1.24 bits per heavy atom. The molecule has 0 aliphatic carbocycles. The number of amides is 1. The Kier molecular flexibility index (Phi) is 5.45. The zero-order valence-electron chi connectivity index (χ0n) is 13.9. The fourth-order valence-corrected chi connectivity index (χ4v) is 2.02. The number of rotatable bonds is 5. The van der Waals surface area contributed by atoms with Gasteiger partial charge in [0.25, 0.3) is 5.91 Å². The minimum Gasteiger partial charge on any atom is -0.406 e. The number of aryl methyl sites for hydroxylation is 1. The van der Waals surface area contributed by atoms with E-state index >= 15 is 0 Å². The van der Waals surface area contributed by atoms with Crippen LogP contribution in [0.5, 0.6) is 5.75 Å². The predicted octanol–water partition coefficient (Wildman–Crippen LogP) is 2.68. The summed E-state index contributed by atoms with van der Waals surface area (Å²) in [6, 6.07) is 6.63. The molecule has 25 heavy (non-hydrogen) atoms. The highest BCUT2D eigenvalue weighted by atomic mass is 19.4. The van der Waals surface area contributed by atoms with Crippen LogP contribution in [0.4, 0.5) is 19.0 Å². The number of halogens is 3. The van der Waals surface area contributed by atoms with Crippen LogP contribution >= 0.6 is 0 Å². The highest BCUT2D eigenvalue weighted by molar-refractivity contribution is 5.94. The minimum atomic E-state index is -4.81. The van der Waals surface area contributed by atoms with Crippen LogP contribution in [0.1, 0.15) is 21.9 Å². The van der Waals surface area contributed by atoms with Crippen molar-refractivity contribution in [2.24, 2.45) is 0 Å². The van der Waals surface area contributed by atoms with Gasteiger partial charge in [-0.2, -0.15) is 0 Å². The van der Waals surface area contributed by atoms with E-state index in [2.05, 4.69) is 20.0 Å². The molecule has 1 heterocycles. The van der Waals surface area contributed by atoms with Crippen molar-refractivity contribution in [1.82, 2.24) is 15.3 Å². The SMILES string of the molecule is Cc1cc(N(C)C)nc(CNC(=O)c2cccc(OC(F)(F)F)c2)n1. The molecule has 2 aromatic rings. The number of alkyl halides is 3. The largest absolute Gasteiger partial charge is 0.573 e. The summed E-state index contributed by atoms with van der Waals surface area (Å²) < 4.78 is 40.5. The zero-order chi connectivity index (χ0) is 18.6. The Hall–Kier alpha value is -2.84. The van der Waals surface area contributed by atoms with Gasteiger partial charge in [-0.05, 0) is 25.1 Å². The van der Waals surface area contributed by atoms with Gasteiger partial charge >= 0.3 is 6.36 Å². The Morgan fingerprint density at radius 3 is 2.60 bits per heavy atom. The molecule has 0 unspecified atom stereocenters. The lowest BCUT2D eigenvalue weighted by molar-refractivity contribution is -0.274. The van der Waals surface area contributed by atoms with Gasteiger partial charge in [-0.15, -0.1) is 13.2 Å². The average molecular weight is 354 g/mol. The first-order chi connectivity index (χ1) is 11.6. The van der Waals surface area contributed by atoms with Crippen LogP contribution < -0.4 is 15.0 Å². The van der Waals surface area contributed by atoms with Crippen LogP contribution in [0.25, 0.3) is 0 Å². The molecule has 2 rings (SSSR count). The molecular formula is C16H17F3N4O2. The summed E-state index contributed by atoms with van der Waals surface area (Å²) in [5, 5.41) is 2.58. The third-order valence-electron chi connectivity index (χ3n) is 3.08. The Bertz CT molecular complexity index is 763. The lowest BCUT2D eigenvalue weighted by Gasteiger charge is -2.13. The molecule has 1 aromatic carbocycles. The van der Waals surface area contributed by atoms with Gasteiger partial charge in [0, 0.05) is 31.4 Å². The Morgan fingerprint density at radius 2 is 1.96 bits per heavy atom. The molecule has 0 atom stereocenters. The summed E-state index contributed by atoms with van der Waals surface area (Å²) in [7, 11) is 3.66. The maximum atomic E-state index is 12.2. The van der Waals surface area contributed by atoms with Crippen molar-refractivity contribution in [3.8, 4) is 5.75 Å². The predicted molar refractivity (Wildman–Crippen MR) is 85.4 cm³/mol. The molecule has 0 fully saturated rings. The molecule has 1 amide bonds. The maximum Gasteiger partial charge on any atom is 0.573 e. The van der Waals surface area contributed by atoms with E-state index < -0.39 is 18.0 Å². The molecular weight excluding hydrogens is 337 g/mol. The number of anilines is 1. The molecule has 1 aromatic heterocycles. The third kappa shape index (κ3) is 5.63. The summed E-state index contributed by atoms with van der Waals surface area (Å²) in [4.78, 5) is 22.4. The third-order valence-corrected chi connectivity index (χ3v) is 3.08. The number of ether oxygens (including phenoxy) is 1. The normalized spacial score (nSPS) is 11.1. The van der Waals surface area contributed by atoms with E-state index in [9.17, 15) is 18.0 Å². The number of benzene rings is 1. The lowest BCUT2D eigenvalue weighted by atomic mass is 10.2. The van der Waals surface area contributed by atoms with Crippen molar-refractivity contribution in [3.05, 3.63) is 47.4 Å². The molecule has 0 spiro atoms. The number of hydrogen-bond acceptors (Lipinski definition) is 5. The van der Waals surface area contributed by atoms with Crippen molar-refractivity contribution in [1.29, 1.82) is 0 Å².